The average Bonchev–Trinajstić information content (AvgIpc) is 3.22. The number of halogens is 1. The summed E-state index contributed by atoms with van der Waals surface area (Å²) in [5, 5.41) is 9.55. The van der Waals surface area contributed by atoms with Crippen molar-refractivity contribution in [1.82, 2.24) is 25.0 Å². The van der Waals surface area contributed by atoms with Gasteiger partial charge in [-0.25, -0.2) is 14.6 Å². The minimum Gasteiger partial charge on any atom is -0.354 e. The summed E-state index contributed by atoms with van der Waals surface area (Å²) >= 11 is 6.34. The molecule has 0 bridgehead atoms. The van der Waals surface area contributed by atoms with Crippen LogP contribution in [-0.4, -0.2) is 38.1 Å². The molecule has 1 aromatic carbocycles. The number of rotatable bonds is 3. The van der Waals surface area contributed by atoms with Crippen LogP contribution < -0.4 is 4.90 Å². The van der Waals surface area contributed by atoms with Gasteiger partial charge in [0.2, 0.25) is 0 Å². The van der Waals surface area contributed by atoms with E-state index in [1.54, 1.807) is 0 Å². The molecule has 142 valence electrons. The van der Waals surface area contributed by atoms with Gasteiger partial charge in [0.15, 0.2) is 17.0 Å². The second-order valence-electron chi connectivity index (χ2n) is 8.47. The van der Waals surface area contributed by atoms with E-state index < -0.39 is 0 Å². The molecule has 3 heterocycles. The summed E-state index contributed by atoms with van der Waals surface area (Å²) in [5.74, 6) is 2.37. The predicted octanol–water partition coefficient (Wildman–Crippen LogP) is 4.07. The molecular formula is C20H25ClN6. The minimum absolute atomic E-state index is 0.159. The quantitative estimate of drug-likeness (QED) is 0.681. The van der Waals surface area contributed by atoms with E-state index in [0.29, 0.717) is 12.5 Å². The zero-order valence-corrected chi connectivity index (χ0v) is 17.0. The van der Waals surface area contributed by atoms with Crippen LogP contribution in [0.4, 0.5) is 5.82 Å². The number of anilines is 1. The minimum atomic E-state index is -0.159. The Bertz CT molecular complexity index is 974. The second-order valence-corrected chi connectivity index (χ2v) is 8.88. The number of benzene rings is 1. The van der Waals surface area contributed by atoms with E-state index in [0.717, 1.165) is 46.5 Å². The van der Waals surface area contributed by atoms with Gasteiger partial charge in [-0.1, -0.05) is 62.7 Å². The van der Waals surface area contributed by atoms with E-state index in [1.165, 1.54) is 6.42 Å². The van der Waals surface area contributed by atoms with Crippen molar-refractivity contribution in [3.63, 3.8) is 0 Å². The third-order valence-electron chi connectivity index (χ3n) is 5.02. The second kappa shape index (κ2) is 6.75. The van der Waals surface area contributed by atoms with Crippen molar-refractivity contribution in [2.45, 2.75) is 46.1 Å². The number of aromatic nitrogens is 5. The Morgan fingerprint density at radius 2 is 1.96 bits per heavy atom. The van der Waals surface area contributed by atoms with E-state index in [9.17, 15) is 0 Å². The Morgan fingerprint density at radius 1 is 1.19 bits per heavy atom. The van der Waals surface area contributed by atoms with Gasteiger partial charge in [0.25, 0.3) is 0 Å². The maximum Gasteiger partial charge on any atom is 0.184 e. The van der Waals surface area contributed by atoms with Crippen molar-refractivity contribution >= 4 is 28.6 Å². The van der Waals surface area contributed by atoms with Gasteiger partial charge in [0.05, 0.1) is 6.54 Å². The molecule has 0 spiro atoms. The van der Waals surface area contributed by atoms with Crippen LogP contribution in [-0.2, 0) is 12.0 Å². The molecule has 0 N–H and O–H groups in total. The fourth-order valence-electron chi connectivity index (χ4n) is 3.42. The molecule has 2 aromatic heterocycles. The molecule has 0 saturated carbocycles. The third-order valence-corrected chi connectivity index (χ3v) is 5.39. The van der Waals surface area contributed by atoms with Crippen LogP contribution in [0.15, 0.2) is 24.3 Å². The molecule has 1 saturated heterocycles. The highest BCUT2D eigenvalue weighted by atomic mass is 35.5. The monoisotopic (exact) mass is 384 g/mol. The van der Waals surface area contributed by atoms with Crippen LogP contribution in [0.2, 0.25) is 5.02 Å². The molecule has 0 aliphatic carbocycles. The fraction of sp³-hybridized carbons (Fsp3) is 0.500. The van der Waals surface area contributed by atoms with Gasteiger partial charge in [0.1, 0.15) is 5.82 Å². The summed E-state index contributed by atoms with van der Waals surface area (Å²) < 4.78 is 1.83. The first kappa shape index (κ1) is 18.2. The Balaban J connectivity index is 1.84. The van der Waals surface area contributed by atoms with Gasteiger partial charge < -0.3 is 4.90 Å². The molecule has 6 nitrogen and oxygen atoms in total. The molecule has 3 aromatic rings. The summed E-state index contributed by atoms with van der Waals surface area (Å²) in [5.41, 5.74) is 2.38. The molecule has 1 fully saturated rings. The van der Waals surface area contributed by atoms with E-state index in [1.807, 2.05) is 28.9 Å². The van der Waals surface area contributed by atoms with Crippen LogP contribution >= 0.6 is 11.6 Å². The molecule has 1 aliphatic heterocycles. The van der Waals surface area contributed by atoms with Crippen LogP contribution in [0.3, 0.4) is 0 Å². The molecule has 1 atom stereocenters. The first-order valence-corrected chi connectivity index (χ1v) is 9.81. The van der Waals surface area contributed by atoms with Crippen molar-refractivity contribution in [3.05, 3.63) is 40.7 Å². The summed E-state index contributed by atoms with van der Waals surface area (Å²) in [6.07, 6.45) is 1.17. The molecule has 0 radical (unpaired) electrons. The lowest BCUT2D eigenvalue weighted by Gasteiger charge is -2.22. The molecule has 27 heavy (non-hydrogen) atoms. The highest BCUT2D eigenvalue weighted by Gasteiger charge is 2.28. The first-order chi connectivity index (χ1) is 12.8. The van der Waals surface area contributed by atoms with Gasteiger partial charge in [-0.2, -0.15) is 0 Å². The summed E-state index contributed by atoms with van der Waals surface area (Å²) in [4.78, 5) is 12.1. The van der Waals surface area contributed by atoms with Crippen LogP contribution in [0.25, 0.3) is 11.2 Å². The molecule has 1 aliphatic rings. The largest absolute Gasteiger partial charge is 0.354 e. The standard InChI is InChI=1S/C20H25ClN6/c1-13-9-10-26(11-13)17-16-18(23-19(22-17)20(2,3)4)27(25-24-16)12-14-7-5-6-8-15(14)21/h5-8,13H,9-12H2,1-4H3. The maximum atomic E-state index is 6.34. The van der Waals surface area contributed by atoms with Gasteiger partial charge in [-0.05, 0) is 24.0 Å². The Kier molecular flexibility index (Phi) is 4.54. The topological polar surface area (TPSA) is 59.7 Å². The third kappa shape index (κ3) is 3.50. The van der Waals surface area contributed by atoms with E-state index in [4.69, 9.17) is 21.6 Å². The van der Waals surface area contributed by atoms with Gasteiger partial charge in [-0.15, -0.1) is 5.10 Å². The van der Waals surface area contributed by atoms with Crippen molar-refractivity contribution in [3.8, 4) is 0 Å². The van der Waals surface area contributed by atoms with E-state index in [2.05, 4.69) is 42.9 Å². The normalized spacial score (nSPS) is 17.8. The van der Waals surface area contributed by atoms with Gasteiger partial charge >= 0.3 is 0 Å². The van der Waals surface area contributed by atoms with Crippen molar-refractivity contribution in [2.75, 3.05) is 18.0 Å². The fourth-order valence-corrected chi connectivity index (χ4v) is 3.62. The van der Waals surface area contributed by atoms with Gasteiger partial charge in [-0.3, -0.25) is 0 Å². The Morgan fingerprint density at radius 3 is 2.63 bits per heavy atom. The number of fused-ring (bicyclic) bond motifs is 1. The SMILES string of the molecule is CC1CCN(c2nc(C(C)(C)C)nc3c2nnn3Cc2ccccc2Cl)C1. The Hall–Kier alpha value is -2.21. The van der Waals surface area contributed by atoms with E-state index >= 15 is 0 Å². The number of hydrogen-bond acceptors (Lipinski definition) is 5. The smallest absolute Gasteiger partial charge is 0.184 e. The lowest BCUT2D eigenvalue weighted by molar-refractivity contribution is 0.545. The van der Waals surface area contributed by atoms with Crippen molar-refractivity contribution < 1.29 is 0 Å². The summed E-state index contributed by atoms with van der Waals surface area (Å²) in [6, 6.07) is 7.80. The average molecular weight is 385 g/mol. The van der Waals surface area contributed by atoms with Crippen LogP contribution in [0.5, 0.6) is 0 Å². The molecule has 1 unspecified atom stereocenters. The number of nitrogens with zero attached hydrogens (tertiary/aromatic N) is 6. The summed E-state index contributed by atoms with van der Waals surface area (Å²) in [6.45, 7) is 11.2. The van der Waals surface area contributed by atoms with Gasteiger partial charge in [0, 0.05) is 23.5 Å². The highest BCUT2D eigenvalue weighted by molar-refractivity contribution is 6.31. The maximum absolute atomic E-state index is 6.34. The Labute approximate surface area is 164 Å². The molecule has 4 rings (SSSR count). The van der Waals surface area contributed by atoms with Crippen LogP contribution in [0.1, 0.15) is 45.5 Å². The van der Waals surface area contributed by atoms with Crippen molar-refractivity contribution in [2.24, 2.45) is 5.92 Å². The molecule has 0 amide bonds. The lowest BCUT2D eigenvalue weighted by atomic mass is 9.96. The zero-order valence-electron chi connectivity index (χ0n) is 16.3. The van der Waals surface area contributed by atoms with Crippen LogP contribution in [0, 0.1) is 5.92 Å². The lowest BCUT2D eigenvalue weighted by Crippen LogP contribution is -2.24. The highest BCUT2D eigenvalue weighted by Crippen LogP contribution is 2.30. The van der Waals surface area contributed by atoms with E-state index in [-0.39, 0.29) is 5.41 Å². The van der Waals surface area contributed by atoms with Crippen molar-refractivity contribution in [1.29, 1.82) is 0 Å². The number of hydrogen-bond donors (Lipinski definition) is 0. The molecule has 7 heteroatoms. The zero-order chi connectivity index (χ0) is 19.2. The summed E-state index contributed by atoms with van der Waals surface area (Å²) in [7, 11) is 0. The molecular weight excluding hydrogens is 360 g/mol. The predicted molar refractivity (Wildman–Crippen MR) is 108 cm³/mol. The first-order valence-electron chi connectivity index (χ1n) is 9.43.